The molecule has 32 heavy (non-hydrogen) atoms. The molecule has 1 fully saturated rings. The van der Waals surface area contributed by atoms with Gasteiger partial charge in [0.15, 0.2) is 0 Å². The van der Waals surface area contributed by atoms with E-state index in [1.165, 1.54) is 12.1 Å². The second-order valence-electron chi connectivity index (χ2n) is 9.61. The van der Waals surface area contributed by atoms with E-state index >= 15 is 0 Å². The van der Waals surface area contributed by atoms with E-state index in [1.54, 1.807) is 11.0 Å². The van der Waals surface area contributed by atoms with Crippen LogP contribution in [0.3, 0.4) is 0 Å². The molecule has 3 rings (SSSR count). The third-order valence-corrected chi connectivity index (χ3v) is 5.74. The molecule has 7 nitrogen and oxygen atoms in total. The number of carbonyl (C=O) groups is 2. The summed E-state index contributed by atoms with van der Waals surface area (Å²) in [6, 6.07) is 4.14. The number of rotatable bonds is 2. The Kier molecular flexibility index (Phi) is 8.34. The molecule has 8 heteroatoms. The maximum atomic E-state index is 14.0. The normalized spacial score (nSPS) is 19.4. The van der Waals surface area contributed by atoms with E-state index in [9.17, 15) is 14.0 Å². The van der Waals surface area contributed by atoms with Crippen molar-refractivity contribution < 1.29 is 23.5 Å². The van der Waals surface area contributed by atoms with E-state index in [0.717, 1.165) is 38.8 Å². The van der Waals surface area contributed by atoms with Gasteiger partial charge in [0.05, 0.1) is 12.2 Å². The Hall–Kier alpha value is -2.35. The molecular weight excluding hydrogens is 413 g/mol. The van der Waals surface area contributed by atoms with Gasteiger partial charge in [-0.05, 0) is 83.7 Å². The number of hydrogen-bond donors (Lipinski definition) is 1. The molecule has 0 radical (unpaired) electrons. The Morgan fingerprint density at radius 3 is 2.62 bits per heavy atom. The summed E-state index contributed by atoms with van der Waals surface area (Å²) in [5.41, 5.74) is -0.233. The fraction of sp³-hybridized carbons (Fsp3) is 0.667. The summed E-state index contributed by atoms with van der Waals surface area (Å²) in [6.45, 7) is 10.1. The largest absolute Gasteiger partial charge is 0.493 e. The van der Waals surface area contributed by atoms with Crippen LogP contribution in [0.15, 0.2) is 18.2 Å². The van der Waals surface area contributed by atoms with Gasteiger partial charge in [-0.3, -0.25) is 4.79 Å². The van der Waals surface area contributed by atoms with Crippen molar-refractivity contribution in [1.82, 2.24) is 15.1 Å². The number of hydrogen-bond acceptors (Lipinski definition) is 5. The average molecular weight is 450 g/mol. The summed E-state index contributed by atoms with van der Waals surface area (Å²) >= 11 is 0. The average Bonchev–Trinajstić information content (AvgIpc) is 2.73. The Morgan fingerprint density at radius 1 is 1.19 bits per heavy atom. The predicted octanol–water partition coefficient (Wildman–Crippen LogP) is 3.68. The van der Waals surface area contributed by atoms with Gasteiger partial charge in [-0.2, -0.15) is 0 Å². The number of amides is 2. The van der Waals surface area contributed by atoms with Crippen LogP contribution >= 0.6 is 0 Å². The zero-order valence-corrected chi connectivity index (χ0v) is 19.5. The monoisotopic (exact) mass is 449 g/mol. The summed E-state index contributed by atoms with van der Waals surface area (Å²) in [5.74, 6) is 0.0628. The third kappa shape index (κ3) is 7.08. The number of ether oxygens (including phenoxy) is 2. The van der Waals surface area contributed by atoms with Crippen molar-refractivity contribution in [1.29, 1.82) is 0 Å². The minimum absolute atomic E-state index is 0.199. The molecule has 0 saturated carbocycles. The van der Waals surface area contributed by atoms with Gasteiger partial charge in [-0.1, -0.05) is 0 Å². The van der Waals surface area contributed by atoms with Crippen LogP contribution in [-0.4, -0.2) is 73.3 Å². The predicted molar refractivity (Wildman–Crippen MR) is 120 cm³/mol. The smallest absolute Gasteiger partial charge is 0.410 e. The molecule has 0 aromatic heterocycles. The van der Waals surface area contributed by atoms with Crippen LogP contribution in [0.5, 0.6) is 5.75 Å². The van der Waals surface area contributed by atoms with Crippen molar-refractivity contribution in [2.75, 3.05) is 45.9 Å². The van der Waals surface area contributed by atoms with Gasteiger partial charge in [-0.25, -0.2) is 9.18 Å². The van der Waals surface area contributed by atoms with Crippen LogP contribution in [0.25, 0.3) is 0 Å². The lowest BCUT2D eigenvalue weighted by Crippen LogP contribution is -2.45. The van der Waals surface area contributed by atoms with E-state index < -0.39 is 11.4 Å². The Labute approximate surface area is 190 Å². The molecule has 2 aliphatic heterocycles. The first-order chi connectivity index (χ1) is 15.2. The SMILES string of the molecule is CC(C)(C)OC(=O)N1CCC(CN2CCCNCCCOc3ccc(F)cc3C2=O)CC1. The molecule has 2 aliphatic rings. The Morgan fingerprint density at radius 2 is 1.91 bits per heavy atom. The number of carbonyl (C=O) groups excluding carboxylic acids is 2. The standard InChI is InChI=1S/C24H36FN3O4/c1-24(2,3)32-23(30)27-13-8-18(9-14-27)17-28-12-4-10-26-11-5-15-31-21-7-6-19(25)16-20(21)22(28)29/h6-7,16,18,26H,4-5,8-15,17H2,1-3H3. The van der Waals surface area contributed by atoms with Crippen LogP contribution < -0.4 is 10.1 Å². The summed E-state index contributed by atoms with van der Waals surface area (Å²) < 4.78 is 25.2. The van der Waals surface area contributed by atoms with Crippen molar-refractivity contribution in [2.24, 2.45) is 5.92 Å². The van der Waals surface area contributed by atoms with E-state index in [0.29, 0.717) is 38.5 Å². The molecular formula is C24H36FN3O4. The quantitative estimate of drug-likeness (QED) is 0.746. The van der Waals surface area contributed by atoms with E-state index in [1.807, 2.05) is 25.7 Å². The van der Waals surface area contributed by atoms with Crippen molar-refractivity contribution in [3.63, 3.8) is 0 Å². The number of piperidine rings is 1. The first-order valence-electron chi connectivity index (χ1n) is 11.6. The van der Waals surface area contributed by atoms with Crippen LogP contribution in [0.4, 0.5) is 9.18 Å². The number of fused-ring (bicyclic) bond motifs is 1. The maximum Gasteiger partial charge on any atom is 0.410 e. The molecule has 0 unspecified atom stereocenters. The molecule has 178 valence electrons. The molecule has 0 bridgehead atoms. The van der Waals surface area contributed by atoms with Crippen molar-refractivity contribution >= 4 is 12.0 Å². The topological polar surface area (TPSA) is 71.1 Å². The number of benzene rings is 1. The fourth-order valence-corrected chi connectivity index (χ4v) is 4.08. The summed E-state index contributed by atoms with van der Waals surface area (Å²) in [7, 11) is 0. The molecule has 1 aromatic rings. The number of halogens is 1. The molecule has 1 aromatic carbocycles. The summed E-state index contributed by atoms with van der Waals surface area (Å²) in [5, 5.41) is 3.38. The highest BCUT2D eigenvalue weighted by atomic mass is 19.1. The van der Waals surface area contributed by atoms with Gasteiger partial charge in [0.25, 0.3) is 5.91 Å². The Balaban J connectivity index is 1.66. The highest BCUT2D eigenvalue weighted by Crippen LogP contribution is 2.25. The lowest BCUT2D eigenvalue weighted by Gasteiger charge is -2.36. The lowest BCUT2D eigenvalue weighted by atomic mass is 9.96. The van der Waals surface area contributed by atoms with Gasteiger partial charge < -0.3 is 24.6 Å². The summed E-state index contributed by atoms with van der Waals surface area (Å²) in [4.78, 5) is 29.3. The molecule has 0 aliphatic carbocycles. The van der Waals surface area contributed by atoms with Crippen LogP contribution in [0.1, 0.15) is 56.8 Å². The molecule has 0 spiro atoms. The van der Waals surface area contributed by atoms with Gasteiger partial charge >= 0.3 is 6.09 Å². The third-order valence-electron chi connectivity index (χ3n) is 5.74. The van der Waals surface area contributed by atoms with Gasteiger partial charge in [0.1, 0.15) is 17.2 Å². The minimum atomic E-state index is -0.515. The fourth-order valence-electron chi connectivity index (χ4n) is 4.08. The zero-order chi connectivity index (χ0) is 23.1. The first-order valence-corrected chi connectivity index (χ1v) is 11.6. The van der Waals surface area contributed by atoms with Gasteiger partial charge in [0.2, 0.25) is 0 Å². The molecule has 1 saturated heterocycles. The van der Waals surface area contributed by atoms with Crippen molar-refractivity contribution in [3.8, 4) is 5.75 Å². The molecule has 1 N–H and O–H groups in total. The maximum absolute atomic E-state index is 14.0. The van der Waals surface area contributed by atoms with E-state index in [4.69, 9.17) is 9.47 Å². The van der Waals surface area contributed by atoms with E-state index in [2.05, 4.69) is 5.32 Å². The van der Waals surface area contributed by atoms with Crippen LogP contribution in [0.2, 0.25) is 0 Å². The lowest BCUT2D eigenvalue weighted by molar-refractivity contribution is 0.0166. The number of nitrogens with one attached hydrogen (secondary N) is 1. The zero-order valence-electron chi connectivity index (χ0n) is 19.5. The van der Waals surface area contributed by atoms with Crippen LogP contribution in [-0.2, 0) is 4.74 Å². The van der Waals surface area contributed by atoms with E-state index in [-0.39, 0.29) is 23.5 Å². The number of nitrogens with zero attached hydrogens (tertiary/aromatic N) is 2. The molecule has 0 atom stereocenters. The molecule has 2 heterocycles. The highest BCUT2D eigenvalue weighted by Gasteiger charge is 2.29. The van der Waals surface area contributed by atoms with Gasteiger partial charge in [-0.15, -0.1) is 0 Å². The van der Waals surface area contributed by atoms with Crippen molar-refractivity contribution in [2.45, 2.75) is 52.1 Å². The number of likely N-dealkylation sites (tertiary alicyclic amines) is 1. The second kappa shape index (κ2) is 11.0. The highest BCUT2D eigenvalue weighted by molar-refractivity contribution is 5.97. The Bertz CT molecular complexity index is 788. The van der Waals surface area contributed by atoms with Gasteiger partial charge in [0, 0.05) is 26.2 Å². The van der Waals surface area contributed by atoms with Crippen LogP contribution in [0, 0.1) is 11.7 Å². The first kappa shape index (κ1) is 24.3. The molecule has 2 amide bonds. The van der Waals surface area contributed by atoms with Crippen molar-refractivity contribution in [3.05, 3.63) is 29.6 Å². The summed E-state index contributed by atoms with van der Waals surface area (Å²) in [6.07, 6.45) is 2.96. The minimum Gasteiger partial charge on any atom is -0.493 e. The second-order valence-corrected chi connectivity index (χ2v) is 9.61.